The van der Waals surface area contributed by atoms with Crippen LogP contribution in [-0.4, -0.2) is 30.2 Å². The molecule has 0 saturated carbocycles. The minimum Gasteiger partial charge on any atom is -0.326 e. The smallest absolute Gasteiger partial charge is 0.326 e. The first-order valence-corrected chi connectivity index (χ1v) is 6.69. The van der Waals surface area contributed by atoms with E-state index in [2.05, 4.69) is 0 Å². The second kappa shape index (κ2) is 6.04. The Kier molecular flexibility index (Phi) is 5.19. The molecule has 0 aliphatic carbocycles. The topological polar surface area (TPSA) is 29.3 Å². The zero-order valence-corrected chi connectivity index (χ0v) is 11.6. The zero-order chi connectivity index (χ0) is 13.9. The number of aryl methyl sites for hydroxylation is 1. The molecule has 18 heavy (non-hydrogen) atoms. The van der Waals surface area contributed by atoms with E-state index in [1.807, 2.05) is 19.1 Å². The molecule has 0 aromatic carbocycles. The fourth-order valence-electron chi connectivity index (χ4n) is 2.02. The highest BCUT2D eigenvalue weighted by molar-refractivity contribution is 7.12. The summed E-state index contributed by atoms with van der Waals surface area (Å²) in [4.78, 5) is 3.36. The van der Waals surface area contributed by atoms with E-state index in [1.54, 1.807) is 13.8 Å². The van der Waals surface area contributed by atoms with E-state index in [0.29, 0.717) is 6.54 Å². The van der Waals surface area contributed by atoms with E-state index in [0.717, 1.165) is 9.75 Å². The first-order chi connectivity index (χ1) is 8.24. The summed E-state index contributed by atoms with van der Waals surface area (Å²) in [7, 11) is 0. The largest absolute Gasteiger partial charge is 0.401 e. The lowest BCUT2D eigenvalue weighted by Gasteiger charge is -2.33. The lowest BCUT2D eigenvalue weighted by Crippen LogP contribution is -2.43. The fraction of sp³-hybridized carbons (Fsp3) is 0.667. The molecule has 104 valence electrons. The van der Waals surface area contributed by atoms with Crippen LogP contribution >= 0.6 is 11.3 Å². The zero-order valence-electron chi connectivity index (χ0n) is 10.8. The van der Waals surface area contributed by atoms with Gasteiger partial charge >= 0.3 is 6.18 Å². The minimum absolute atomic E-state index is 0.322. The van der Waals surface area contributed by atoms with Crippen molar-refractivity contribution < 1.29 is 13.2 Å². The maximum Gasteiger partial charge on any atom is 0.401 e. The van der Waals surface area contributed by atoms with Crippen LogP contribution in [0.3, 0.4) is 0 Å². The molecule has 1 aromatic rings. The Morgan fingerprint density at radius 2 is 2.00 bits per heavy atom. The van der Waals surface area contributed by atoms with Gasteiger partial charge in [0.05, 0.1) is 12.6 Å². The second-order valence-corrected chi connectivity index (χ2v) is 5.75. The van der Waals surface area contributed by atoms with Gasteiger partial charge in [-0.1, -0.05) is 6.92 Å². The second-order valence-electron chi connectivity index (χ2n) is 4.43. The Bertz CT molecular complexity index is 374. The van der Waals surface area contributed by atoms with Crippen molar-refractivity contribution in [2.24, 2.45) is 5.73 Å². The highest BCUT2D eigenvalue weighted by Crippen LogP contribution is 2.31. The molecule has 0 spiro atoms. The Morgan fingerprint density at radius 3 is 2.33 bits per heavy atom. The van der Waals surface area contributed by atoms with Crippen LogP contribution in [0.2, 0.25) is 0 Å². The van der Waals surface area contributed by atoms with E-state index >= 15 is 0 Å². The van der Waals surface area contributed by atoms with Gasteiger partial charge < -0.3 is 5.73 Å². The summed E-state index contributed by atoms with van der Waals surface area (Å²) in [5.74, 6) is 0. The summed E-state index contributed by atoms with van der Waals surface area (Å²) in [6.45, 7) is 4.81. The van der Waals surface area contributed by atoms with Gasteiger partial charge in [-0.2, -0.15) is 13.2 Å². The lowest BCUT2D eigenvalue weighted by molar-refractivity contribution is -0.151. The predicted octanol–water partition coefficient (Wildman–Crippen LogP) is 3.33. The number of hydrogen-bond acceptors (Lipinski definition) is 3. The summed E-state index contributed by atoms with van der Waals surface area (Å²) in [5, 5.41) is 0. The standard InChI is InChI=1S/C12H19F3N2S/c1-4-17(7-12(13,14)15)11(9(3)16)10-6-5-8(2)18-10/h5-6,9,11H,4,7,16H2,1-3H3. The molecule has 0 saturated heterocycles. The van der Waals surface area contributed by atoms with Crippen LogP contribution < -0.4 is 5.73 Å². The Labute approximate surface area is 110 Å². The lowest BCUT2D eigenvalue weighted by atomic mass is 10.1. The molecule has 6 heteroatoms. The first-order valence-electron chi connectivity index (χ1n) is 5.87. The maximum atomic E-state index is 12.6. The highest BCUT2D eigenvalue weighted by atomic mass is 32.1. The van der Waals surface area contributed by atoms with Crippen molar-refractivity contribution in [3.63, 3.8) is 0 Å². The number of hydrogen-bond donors (Lipinski definition) is 1. The molecule has 1 heterocycles. The molecule has 0 radical (unpaired) electrons. The van der Waals surface area contributed by atoms with Gasteiger partial charge in [0.25, 0.3) is 0 Å². The van der Waals surface area contributed by atoms with Gasteiger partial charge in [0.2, 0.25) is 0 Å². The molecule has 0 fully saturated rings. The minimum atomic E-state index is -4.20. The fourth-order valence-corrected chi connectivity index (χ4v) is 3.15. The van der Waals surface area contributed by atoms with Crippen LogP contribution in [0, 0.1) is 6.92 Å². The predicted molar refractivity (Wildman–Crippen MR) is 68.7 cm³/mol. The number of halogens is 3. The van der Waals surface area contributed by atoms with Gasteiger partial charge in [0.1, 0.15) is 0 Å². The molecule has 0 aliphatic heterocycles. The number of nitrogens with zero attached hydrogens (tertiary/aromatic N) is 1. The summed E-state index contributed by atoms with van der Waals surface area (Å²) < 4.78 is 37.7. The van der Waals surface area contributed by atoms with Crippen molar-refractivity contribution in [2.45, 2.75) is 39.0 Å². The van der Waals surface area contributed by atoms with Crippen LogP contribution in [-0.2, 0) is 0 Å². The average molecular weight is 280 g/mol. The molecule has 0 amide bonds. The molecule has 1 rings (SSSR count). The summed E-state index contributed by atoms with van der Waals surface area (Å²) >= 11 is 1.50. The van der Waals surface area contributed by atoms with Crippen LogP contribution in [0.4, 0.5) is 13.2 Å². The van der Waals surface area contributed by atoms with E-state index in [-0.39, 0.29) is 12.1 Å². The third-order valence-corrected chi connectivity index (χ3v) is 3.80. The number of alkyl halides is 3. The molecule has 1 aromatic heterocycles. The SMILES string of the molecule is CCN(CC(F)(F)F)C(c1ccc(C)s1)C(C)N. The van der Waals surface area contributed by atoms with Gasteiger partial charge in [-0.25, -0.2) is 0 Å². The first kappa shape index (κ1) is 15.5. The number of rotatable bonds is 5. The molecule has 2 nitrogen and oxygen atoms in total. The quantitative estimate of drug-likeness (QED) is 0.896. The molecular formula is C12H19F3N2S. The molecule has 2 unspecified atom stereocenters. The van der Waals surface area contributed by atoms with Crippen LogP contribution in [0.1, 0.15) is 29.6 Å². The number of likely N-dealkylation sites (N-methyl/N-ethyl adjacent to an activating group) is 1. The Hall–Kier alpha value is -0.590. The van der Waals surface area contributed by atoms with Gasteiger partial charge in [-0.05, 0) is 32.5 Å². The molecule has 0 aliphatic rings. The van der Waals surface area contributed by atoms with Crippen LogP contribution in [0.5, 0.6) is 0 Å². The van der Waals surface area contributed by atoms with Gasteiger partial charge in [0.15, 0.2) is 0 Å². The monoisotopic (exact) mass is 280 g/mol. The van der Waals surface area contributed by atoms with Crippen molar-refractivity contribution >= 4 is 11.3 Å². The highest BCUT2D eigenvalue weighted by Gasteiger charge is 2.35. The van der Waals surface area contributed by atoms with E-state index in [9.17, 15) is 13.2 Å². The molecule has 0 bridgehead atoms. The molecular weight excluding hydrogens is 261 g/mol. The van der Waals surface area contributed by atoms with Gasteiger partial charge in [-0.15, -0.1) is 11.3 Å². The summed E-state index contributed by atoms with van der Waals surface area (Å²) in [6.07, 6.45) is -4.20. The van der Waals surface area contributed by atoms with Crippen molar-refractivity contribution in [1.29, 1.82) is 0 Å². The number of nitrogens with two attached hydrogens (primary N) is 1. The van der Waals surface area contributed by atoms with E-state index in [1.165, 1.54) is 16.2 Å². The van der Waals surface area contributed by atoms with E-state index < -0.39 is 12.7 Å². The third kappa shape index (κ3) is 4.26. The molecule has 2 N–H and O–H groups in total. The Balaban J connectivity index is 2.96. The van der Waals surface area contributed by atoms with Crippen LogP contribution in [0.25, 0.3) is 0 Å². The average Bonchev–Trinajstić information content (AvgIpc) is 2.61. The van der Waals surface area contributed by atoms with Gasteiger partial charge in [-0.3, -0.25) is 4.90 Å². The summed E-state index contributed by atoms with van der Waals surface area (Å²) in [5.41, 5.74) is 5.87. The summed E-state index contributed by atoms with van der Waals surface area (Å²) in [6, 6.07) is 3.06. The van der Waals surface area contributed by atoms with Crippen molar-refractivity contribution in [2.75, 3.05) is 13.1 Å². The normalized spacial score (nSPS) is 16.0. The Morgan fingerprint density at radius 1 is 1.39 bits per heavy atom. The third-order valence-electron chi connectivity index (χ3n) is 2.73. The van der Waals surface area contributed by atoms with Gasteiger partial charge in [0, 0.05) is 15.8 Å². The molecule has 2 atom stereocenters. The maximum absolute atomic E-state index is 12.6. The van der Waals surface area contributed by atoms with Crippen molar-refractivity contribution in [3.8, 4) is 0 Å². The number of thiophene rings is 1. The van der Waals surface area contributed by atoms with Crippen molar-refractivity contribution in [3.05, 3.63) is 21.9 Å². The van der Waals surface area contributed by atoms with E-state index in [4.69, 9.17) is 5.73 Å². The van der Waals surface area contributed by atoms with Crippen molar-refractivity contribution in [1.82, 2.24) is 4.90 Å². The van der Waals surface area contributed by atoms with Crippen LogP contribution in [0.15, 0.2) is 12.1 Å².